The van der Waals surface area contributed by atoms with Crippen LogP contribution >= 0.6 is 0 Å². The fourth-order valence-corrected chi connectivity index (χ4v) is 11.2. The Kier molecular flexibility index (Phi) is 4.77. The van der Waals surface area contributed by atoms with Gasteiger partial charge in [0.1, 0.15) is 0 Å². The largest absolute Gasteiger partial charge is 1.00 e. The maximum atomic E-state index is 2.71. The molecule has 2 atom stereocenters. The molecule has 2 aliphatic heterocycles. The number of hydrogen-bond acceptors (Lipinski definition) is 0. The zero-order chi connectivity index (χ0) is 15.1. The van der Waals surface area contributed by atoms with E-state index in [1.165, 1.54) is 77.0 Å². The average Bonchev–Trinajstić information content (AvgIpc) is 3.07. The van der Waals surface area contributed by atoms with Crippen molar-refractivity contribution in [2.75, 3.05) is 0 Å². The van der Waals surface area contributed by atoms with Gasteiger partial charge in [-0.25, -0.2) is 0 Å². The van der Waals surface area contributed by atoms with E-state index >= 15 is 0 Å². The molecule has 0 amide bonds. The van der Waals surface area contributed by atoms with Crippen LogP contribution in [0.25, 0.3) is 0 Å². The molecule has 0 aromatic carbocycles. The van der Waals surface area contributed by atoms with Crippen LogP contribution in [0.15, 0.2) is 45.6 Å². The molecule has 2 spiro atoms. The van der Waals surface area contributed by atoms with Crippen LogP contribution in [0, 0.1) is 0 Å². The van der Waals surface area contributed by atoms with Crippen molar-refractivity contribution in [2.45, 2.75) is 84.5 Å². The molecule has 4 aliphatic carbocycles. The maximum absolute atomic E-state index is 2.71. The summed E-state index contributed by atoms with van der Waals surface area (Å²) < 4.78 is 1.29. The van der Waals surface area contributed by atoms with Crippen LogP contribution in [0.4, 0.5) is 0 Å². The van der Waals surface area contributed by atoms with Gasteiger partial charge in [-0.05, 0) is 0 Å². The predicted octanol–water partition coefficient (Wildman–Crippen LogP) is 0.603. The predicted molar refractivity (Wildman–Crippen MR) is 91.0 cm³/mol. The van der Waals surface area contributed by atoms with E-state index < -0.39 is 0 Å². The van der Waals surface area contributed by atoms with Crippen molar-refractivity contribution in [3.63, 3.8) is 0 Å². The van der Waals surface area contributed by atoms with Gasteiger partial charge >= 0.3 is 149 Å². The monoisotopic (exact) mass is 408 g/mol. The van der Waals surface area contributed by atoms with Crippen LogP contribution in [-0.4, -0.2) is 0 Å². The van der Waals surface area contributed by atoms with Gasteiger partial charge in [0, 0.05) is 0 Å². The molecular formula is C22H26Cl2Ti. The van der Waals surface area contributed by atoms with Crippen LogP contribution in [0.2, 0.25) is 7.44 Å². The minimum Gasteiger partial charge on any atom is -1.00 e. The number of hydrogen-bond donors (Lipinski definition) is 0. The summed E-state index contributed by atoms with van der Waals surface area (Å²) in [6.45, 7) is 0. The maximum Gasteiger partial charge on any atom is -1.00 e. The third-order valence-corrected chi connectivity index (χ3v) is 11.9. The Morgan fingerprint density at radius 3 is 1.52 bits per heavy atom. The Labute approximate surface area is 173 Å². The Hall–Kier alpha value is 0.254. The summed E-state index contributed by atoms with van der Waals surface area (Å²) in [6, 6.07) is 0. The van der Waals surface area contributed by atoms with E-state index in [2.05, 4.69) is 12.2 Å². The van der Waals surface area contributed by atoms with Crippen molar-refractivity contribution in [1.82, 2.24) is 0 Å². The van der Waals surface area contributed by atoms with E-state index in [1.54, 1.807) is 0 Å². The zero-order valence-corrected chi connectivity index (χ0v) is 18.0. The molecule has 0 aromatic rings. The normalized spacial score (nSPS) is 37.1. The standard InChI is InChI=1S/C22H26.2ClH.Ti/c1-3-7-19-15(5-1)13-17-9-12-22-18(10-11-21(17)19)14-16-6-2-4-8-20(16)22;;;/h13-14H,1-12H2;2*1H;/q;;;+2/p-2. The molecule has 0 radical (unpaired) electrons. The first-order valence-electron chi connectivity index (χ1n) is 9.98. The minimum atomic E-state index is 0. The molecule has 0 N–H and O–H groups in total. The summed E-state index contributed by atoms with van der Waals surface area (Å²) in [7, 11) is 0. The third-order valence-electron chi connectivity index (χ3n) is 7.81. The second-order valence-corrected chi connectivity index (χ2v) is 11.8. The number of halogens is 2. The summed E-state index contributed by atoms with van der Waals surface area (Å²) in [5, 5.41) is 0. The second-order valence-electron chi connectivity index (χ2n) is 8.70. The first-order valence-corrected chi connectivity index (χ1v) is 11.5. The zero-order valence-electron chi connectivity index (χ0n) is 14.9. The van der Waals surface area contributed by atoms with Crippen LogP contribution < -0.4 is 24.8 Å². The fourth-order valence-electron chi connectivity index (χ4n) is 6.84. The van der Waals surface area contributed by atoms with Crippen LogP contribution in [-0.2, 0) is 19.2 Å². The summed E-state index contributed by atoms with van der Waals surface area (Å²) in [5.74, 6) is 0. The van der Waals surface area contributed by atoms with Gasteiger partial charge in [-0.1, -0.05) is 0 Å². The average molecular weight is 409 g/mol. The molecule has 0 aromatic heterocycles. The molecule has 2 heterocycles. The summed E-state index contributed by atoms with van der Waals surface area (Å²) in [4.78, 5) is 0. The SMILES string of the molecule is C1=C2CC[C]34[Ti+2][C]2(CCC3=CC2=C4CCCC2)C2=C1CCCC2.[Cl-].[Cl-]. The van der Waals surface area contributed by atoms with Crippen molar-refractivity contribution in [3.05, 3.63) is 45.6 Å². The molecule has 6 aliphatic rings. The number of allylic oxidation sites excluding steroid dienone is 8. The van der Waals surface area contributed by atoms with Gasteiger partial charge in [-0.15, -0.1) is 0 Å². The van der Waals surface area contributed by atoms with Crippen molar-refractivity contribution in [2.24, 2.45) is 0 Å². The molecule has 3 heteroatoms. The Bertz CT molecular complexity index is 679. The molecule has 2 fully saturated rings. The van der Waals surface area contributed by atoms with Gasteiger partial charge in [0.15, 0.2) is 0 Å². The molecule has 6 rings (SSSR count). The van der Waals surface area contributed by atoms with E-state index in [1.807, 2.05) is 33.4 Å². The fraction of sp³-hybridized carbons (Fsp3) is 0.636. The second kappa shape index (κ2) is 6.40. The van der Waals surface area contributed by atoms with E-state index in [4.69, 9.17) is 0 Å². The van der Waals surface area contributed by atoms with Gasteiger partial charge in [0.2, 0.25) is 0 Å². The van der Waals surface area contributed by atoms with Crippen molar-refractivity contribution in [3.8, 4) is 0 Å². The molecule has 2 unspecified atom stereocenters. The molecular weight excluding hydrogens is 383 g/mol. The van der Waals surface area contributed by atoms with Gasteiger partial charge in [-0.2, -0.15) is 0 Å². The smallest absolute Gasteiger partial charge is 1.00 e. The first-order chi connectivity index (χ1) is 11.3. The topological polar surface area (TPSA) is 0 Å². The van der Waals surface area contributed by atoms with E-state index in [0.29, 0.717) is 7.44 Å². The quantitative estimate of drug-likeness (QED) is 0.515. The summed E-state index contributed by atoms with van der Waals surface area (Å²) in [6.07, 6.45) is 22.8. The molecule has 132 valence electrons. The van der Waals surface area contributed by atoms with Crippen LogP contribution in [0.1, 0.15) is 77.0 Å². The van der Waals surface area contributed by atoms with E-state index in [9.17, 15) is 0 Å². The van der Waals surface area contributed by atoms with Crippen LogP contribution in [0.5, 0.6) is 0 Å². The van der Waals surface area contributed by atoms with Gasteiger partial charge in [0.05, 0.1) is 0 Å². The molecule has 0 saturated carbocycles. The Morgan fingerprint density at radius 1 is 0.600 bits per heavy atom. The van der Waals surface area contributed by atoms with E-state index in [-0.39, 0.29) is 44.0 Å². The summed E-state index contributed by atoms with van der Waals surface area (Å²) >= 11 is 0.0265. The third kappa shape index (κ3) is 2.30. The van der Waals surface area contributed by atoms with E-state index in [0.717, 1.165) is 0 Å². The Balaban J connectivity index is 0.000000784. The van der Waals surface area contributed by atoms with Crippen LogP contribution in [0.3, 0.4) is 0 Å². The molecule has 2 saturated heterocycles. The van der Waals surface area contributed by atoms with Gasteiger partial charge in [0.25, 0.3) is 0 Å². The van der Waals surface area contributed by atoms with Gasteiger partial charge < -0.3 is 24.8 Å². The van der Waals surface area contributed by atoms with Crippen molar-refractivity contribution >= 4 is 0 Å². The number of rotatable bonds is 0. The minimum absolute atomic E-state index is 0. The molecule has 2 bridgehead atoms. The molecule has 25 heavy (non-hydrogen) atoms. The van der Waals surface area contributed by atoms with Gasteiger partial charge in [-0.3, -0.25) is 0 Å². The first kappa shape index (κ1) is 18.6. The van der Waals surface area contributed by atoms with Crippen molar-refractivity contribution < 1.29 is 44.0 Å². The molecule has 0 nitrogen and oxygen atoms in total. The Morgan fingerprint density at radius 2 is 1.04 bits per heavy atom. The summed E-state index contributed by atoms with van der Waals surface area (Å²) in [5.41, 5.74) is 11.4. The van der Waals surface area contributed by atoms with Crippen molar-refractivity contribution in [1.29, 1.82) is 0 Å².